The van der Waals surface area contributed by atoms with Gasteiger partial charge in [-0.1, -0.05) is 12.5 Å². The number of rotatable bonds is 2. The summed E-state index contributed by atoms with van der Waals surface area (Å²) >= 11 is 2.26. The van der Waals surface area contributed by atoms with Gasteiger partial charge in [-0.05, 0) is 78.3 Å². The summed E-state index contributed by atoms with van der Waals surface area (Å²) < 4.78 is 1.14. The highest BCUT2D eigenvalue weighted by Crippen LogP contribution is 2.42. The van der Waals surface area contributed by atoms with Crippen LogP contribution in [0.2, 0.25) is 0 Å². The van der Waals surface area contributed by atoms with Crippen LogP contribution < -0.4 is 11.1 Å². The fourth-order valence-electron chi connectivity index (χ4n) is 3.81. The monoisotopic (exact) mass is 420 g/mol. The molecule has 0 aromatic heterocycles. The second-order valence-corrected chi connectivity index (χ2v) is 7.44. The van der Waals surface area contributed by atoms with Crippen molar-refractivity contribution in [2.24, 2.45) is 23.5 Å². The van der Waals surface area contributed by atoms with Gasteiger partial charge in [0.2, 0.25) is 5.91 Å². The number of halogens is 2. The van der Waals surface area contributed by atoms with Gasteiger partial charge in [0.05, 0.1) is 0 Å². The number of fused-ring (bicyclic) bond motifs is 2. The smallest absolute Gasteiger partial charge is 0.227 e. The molecule has 2 aliphatic rings. The maximum atomic E-state index is 12.5. The van der Waals surface area contributed by atoms with Crippen molar-refractivity contribution in [2.75, 3.05) is 5.32 Å². The van der Waals surface area contributed by atoms with Gasteiger partial charge in [-0.3, -0.25) is 4.79 Å². The molecule has 1 aromatic carbocycles. The van der Waals surface area contributed by atoms with Crippen LogP contribution >= 0.6 is 35.0 Å². The molecule has 3 nitrogen and oxygen atoms in total. The van der Waals surface area contributed by atoms with Crippen molar-refractivity contribution in [3.05, 3.63) is 27.8 Å². The van der Waals surface area contributed by atoms with Gasteiger partial charge in [0.1, 0.15) is 0 Å². The Bertz CT molecular complexity index is 497. The maximum Gasteiger partial charge on any atom is 0.227 e. The molecule has 1 amide bonds. The first-order valence-electron chi connectivity index (χ1n) is 7.45. The van der Waals surface area contributed by atoms with E-state index in [1.807, 2.05) is 24.3 Å². The van der Waals surface area contributed by atoms with Crippen LogP contribution in [0.5, 0.6) is 0 Å². The molecule has 0 radical (unpaired) electrons. The first-order chi connectivity index (χ1) is 9.63. The molecule has 0 aliphatic heterocycles. The molecule has 2 aliphatic carbocycles. The zero-order chi connectivity index (χ0) is 14.1. The standard InChI is InChI=1S/C16H21IN2O.ClH/c17-13-5-2-6-14(9-13)19-16(20)12-7-10-3-1-4-11(8-12)15(10)18;/h2,5-6,9-12,15H,1,3-4,7-8,18H2,(H,19,20);1H. The van der Waals surface area contributed by atoms with Gasteiger partial charge in [0.15, 0.2) is 0 Å². The van der Waals surface area contributed by atoms with E-state index in [1.54, 1.807) is 0 Å². The predicted molar refractivity (Wildman–Crippen MR) is 96.6 cm³/mol. The van der Waals surface area contributed by atoms with Crippen LogP contribution in [0.4, 0.5) is 5.69 Å². The molecule has 2 saturated carbocycles. The number of hydrogen-bond donors (Lipinski definition) is 2. The molecule has 1 aromatic rings. The molecule has 0 heterocycles. The van der Waals surface area contributed by atoms with Crippen LogP contribution in [0.3, 0.4) is 0 Å². The van der Waals surface area contributed by atoms with E-state index < -0.39 is 0 Å². The molecule has 21 heavy (non-hydrogen) atoms. The summed E-state index contributed by atoms with van der Waals surface area (Å²) in [6, 6.07) is 8.29. The highest BCUT2D eigenvalue weighted by molar-refractivity contribution is 14.1. The van der Waals surface area contributed by atoms with E-state index >= 15 is 0 Å². The molecule has 3 N–H and O–H groups in total. The van der Waals surface area contributed by atoms with Crippen LogP contribution in [-0.4, -0.2) is 11.9 Å². The van der Waals surface area contributed by atoms with Crippen molar-refractivity contribution in [3.63, 3.8) is 0 Å². The third-order valence-corrected chi connectivity index (χ3v) is 5.55. The second kappa shape index (κ2) is 7.29. The Labute approximate surface area is 146 Å². The zero-order valence-electron chi connectivity index (χ0n) is 11.9. The van der Waals surface area contributed by atoms with Crippen molar-refractivity contribution < 1.29 is 4.79 Å². The highest BCUT2D eigenvalue weighted by atomic mass is 127. The number of amides is 1. The molecule has 2 bridgehead atoms. The molecule has 0 spiro atoms. The zero-order valence-corrected chi connectivity index (χ0v) is 14.9. The summed E-state index contributed by atoms with van der Waals surface area (Å²) in [7, 11) is 0. The molecule has 2 unspecified atom stereocenters. The Morgan fingerprint density at radius 2 is 1.90 bits per heavy atom. The van der Waals surface area contributed by atoms with E-state index in [4.69, 9.17) is 5.73 Å². The Morgan fingerprint density at radius 3 is 2.52 bits per heavy atom. The molecular formula is C16H22ClIN2O. The number of carbonyl (C=O) groups is 1. The van der Waals surface area contributed by atoms with Crippen LogP contribution in [0.15, 0.2) is 24.3 Å². The van der Waals surface area contributed by atoms with Gasteiger partial charge in [0.25, 0.3) is 0 Å². The largest absolute Gasteiger partial charge is 0.327 e. The predicted octanol–water partition coefficient (Wildman–Crippen LogP) is 3.81. The lowest BCUT2D eigenvalue weighted by molar-refractivity contribution is -0.122. The Morgan fingerprint density at radius 1 is 1.24 bits per heavy atom. The average Bonchev–Trinajstić information content (AvgIpc) is 2.38. The van der Waals surface area contributed by atoms with Gasteiger partial charge in [-0.25, -0.2) is 0 Å². The molecule has 116 valence electrons. The number of nitrogens with two attached hydrogens (primary N) is 1. The highest BCUT2D eigenvalue weighted by Gasteiger charge is 2.40. The van der Waals surface area contributed by atoms with Crippen molar-refractivity contribution in [3.8, 4) is 0 Å². The molecule has 2 atom stereocenters. The first kappa shape index (κ1) is 17.0. The minimum absolute atomic E-state index is 0. The normalized spacial score (nSPS) is 31.1. The van der Waals surface area contributed by atoms with Crippen LogP contribution in [-0.2, 0) is 4.79 Å². The van der Waals surface area contributed by atoms with Gasteiger partial charge < -0.3 is 11.1 Å². The van der Waals surface area contributed by atoms with Crippen molar-refractivity contribution in [2.45, 2.75) is 38.1 Å². The number of hydrogen-bond acceptors (Lipinski definition) is 2. The van der Waals surface area contributed by atoms with Gasteiger partial charge >= 0.3 is 0 Å². The minimum atomic E-state index is 0. The average molecular weight is 421 g/mol. The lowest BCUT2D eigenvalue weighted by Gasteiger charge is -2.43. The van der Waals surface area contributed by atoms with E-state index in [2.05, 4.69) is 27.9 Å². The summed E-state index contributed by atoms with van der Waals surface area (Å²) in [6.07, 6.45) is 5.62. The molecule has 2 fully saturated rings. The summed E-state index contributed by atoms with van der Waals surface area (Å²) in [5.74, 6) is 1.42. The van der Waals surface area contributed by atoms with E-state index in [9.17, 15) is 4.79 Å². The number of benzene rings is 1. The van der Waals surface area contributed by atoms with E-state index in [0.29, 0.717) is 17.9 Å². The van der Waals surface area contributed by atoms with Crippen LogP contribution in [0.1, 0.15) is 32.1 Å². The third kappa shape index (κ3) is 3.90. The first-order valence-corrected chi connectivity index (χ1v) is 8.53. The molecular weight excluding hydrogens is 399 g/mol. The van der Waals surface area contributed by atoms with E-state index in [0.717, 1.165) is 22.1 Å². The summed E-state index contributed by atoms with van der Waals surface area (Å²) in [5.41, 5.74) is 7.19. The summed E-state index contributed by atoms with van der Waals surface area (Å²) in [4.78, 5) is 12.5. The third-order valence-electron chi connectivity index (χ3n) is 4.88. The Hall–Kier alpha value is -0.330. The van der Waals surface area contributed by atoms with Crippen LogP contribution in [0.25, 0.3) is 0 Å². The van der Waals surface area contributed by atoms with Gasteiger partial charge in [0, 0.05) is 21.2 Å². The van der Waals surface area contributed by atoms with Crippen molar-refractivity contribution in [1.29, 1.82) is 0 Å². The van der Waals surface area contributed by atoms with Crippen molar-refractivity contribution >= 4 is 46.6 Å². The summed E-state index contributed by atoms with van der Waals surface area (Å²) in [5, 5.41) is 3.07. The fraction of sp³-hybridized carbons (Fsp3) is 0.562. The quantitative estimate of drug-likeness (QED) is 0.715. The molecule has 0 saturated heterocycles. The second-order valence-electron chi connectivity index (χ2n) is 6.20. The number of carbonyl (C=O) groups excluding carboxylic acids is 1. The van der Waals surface area contributed by atoms with Gasteiger partial charge in [-0.15, -0.1) is 12.4 Å². The molecule has 3 rings (SSSR count). The van der Waals surface area contributed by atoms with E-state index in [1.165, 1.54) is 19.3 Å². The molecule has 5 heteroatoms. The topological polar surface area (TPSA) is 55.1 Å². The lowest BCUT2D eigenvalue weighted by atomic mass is 9.65. The Balaban J connectivity index is 0.00000161. The summed E-state index contributed by atoms with van der Waals surface area (Å²) in [6.45, 7) is 0. The Kier molecular flexibility index (Phi) is 5.91. The number of nitrogens with one attached hydrogen (secondary N) is 1. The van der Waals surface area contributed by atoms with E-state index in [-0.39, 0.29) is 24.2 Å². The fourth-order valence-corrected chi connectivity index (χ4v) is 4.36. The minimum Gasteiger partial charge on any atom is -0.327 e. The number of anilines is 1. The van der Waals surface area contributed by atoms with Crippen molar-refractivity contribution in [1.82, 2.24) is 0 Å². The SMILES string of the molecule is Cl.NC1C2CCCC1CC(C(=O)Nc1cccc(I)c1)C2. The van der Waals surface area contributed by atoms with Crippen LogP contribution in [0, 0.1) is 21.3 Å². The van der Waals surface area contributed by atoms with Gasteiger partial charge in [-0.2, -0.15) is 0 Å². The maximum absolute atomic E-state index is 12.5. The lowest BCUT2D eigenvalue weighted by Crippen LogP contribution is -2.48.